The number of imide groups is 2. The van der Waals surface area contributed by atoms with Crippen molar-refractivity contribution in [3.63, 3.8) is 0 Å². The van der Waals surface area contributed by atoms with Crippen molar-refractivity contribution in [3.05, 3.63) is 83.1 Å². The highest BCUT2D eigenvalue weighted by atomic mass is 16.5. The Labute approximate surface area is 183 Å². The number of ether oxygens (including phenoxy) is 1. The Kier molecular flexibility index (Phi) is 5.43. The zero-order valence-electron chi connectivity index (χ0n) is 17.2. The van der Waals surface area contributed by atoms with E-state index in [1.165, 1.54) is 13.2 Å². The Morgan fingerprint density at radius 2 is 1.66 bits per heavy atom. The van der Waals surface area contributed by atoms with E-state index in [0.29, 0.717) is 22.6 Å². The molecule has 1 aliphatic heterocycles. The summed E-state index contributed by atoms with van der Waals surface area (Å²) >= 11 is 0. The summed E-state index contributed by atoms with van der Waals surface area (Å²) in [5.41, 5.74) is 2.18. The fraction of sp³-hybridized carbons (Fsp3) is 0.0833. The Hall–Kier alpha value is -4.46. The zero-order valence-corrected chi connectivity index (χ0v) is 17.2. The topological polar surface area (TPSA) is 106 Å². The summed E-state index contributed by atoms with van der Waals surface area (Å²) < 4.78 is 10.4. The summed E-state index contributed by atoms with van der Waals surface area (Å²) in [6, 6.07) is 15.8. The molecule has 3 aromatic rings. The van der Waals surface area contributed by atoms with Crippen LogP contribution in [0, 0.1) is 6.92 Å². The molecule has 8 nitrogen and oxygen atoms in total. The van der Waals surface area contributed by atoms with Crippen LogP contribution in [0.3, 0.4) is 0 Å². The van der Waals surface area contributed by atoms with E-state index in [0.717, 1.165) is 10.5 Å². The van der Waals surface area contributed by atoms with Crippen LogP contribution in [0.1, 0.15) is 21.7 Å². The Morgan fingerprint density at radius 3 is 2.31 bits per heavy atom. The van der Waals surface area contributed by atoms with Gasteiger partial charge in [0.15, 0.2) is 0 Å². The molecule has 160 valence electrons. The molecule has 1 N–H and O–H groups in total. The number of rotatable bonds is 4. The van der Waals surface area contributed by atoms with Crippen LogP contribution < -0.4 is 10.2 Å². The monoisotopic (exact) mass is 430 g/mol. The largest absolute Gasteiger partial charge is 0.465 e. The van der Waals surface area contributed by atoms with Gasteiger partial charge in [-0.25, -0.2) is 14.5 Å². The predicted octanol–water partition coefficient (Wildman–Crippen LogP) is 3.71. The molecular formula is C24H18N2O6. The van der Waals surface area contributed by atoms with Gasteiger partial charge in [-0.05, 0) is 49.4 Å². The number of anilines is 1. The number of hydrogen-bond donors (Lipinski definition) is 1. The number of aryl methyl sites for hydroxylation is 1. The third-order valence-electron chi connectivity index (χ3n) is 4.90. The number of benzene rings is 2. The van der Waals surface area contributed by atoms with Crippen molar-refractivity contribution < 1.29 is 28.3 Å². The number of carbonyl (C=O) groups is 4. The lowest BCUT2D eigenvalue weighted by Gasteiger charge is -2.26. The SMILES string of the molecule is COC(=O)c1ccc(-c2ccc(C=C3C(=O)NC(=O)N(c4ccc(C)cc4)C3=O)o2)cc1. The van der Waals surface area contributed by atoms with Crippen molar-refractivity contribution in [2.24, 2.45) is 0 Å². The maximum Gasteiger partial charge on any atom is 0.337 e. The molecule has 0 unspecified atom stereocenters. The van der Waals surface area contributed by atoms with Crippen molar-refractivity contribution in [1.82, 2.24) is 5.32 Å². The van der Waals surface area contributed by atoms with Crippen molar-refractivity contribution in [2.75, 3.05) is 12.0 Å². The van der Waals surface area contributed by atoms with Gasteiger partial charge in [-0.1, -0.05) is 29.8 Å². The van der Waals surface area contributed by atoms with Gasteiger partial charge in [-0.15, -0.1) is 0 Å². The molecule has 4 amide bonds. The summed E-state index contributed by atoms with van der Waals surface area (Å²) in [5.74, 6) is -1.26. The number of urea groups is 1. The summed E-state index contributed by atoms with van der Waals surface area (Å²) in [4.78, 5) is 50.0. The maximum absolute atomic E-state index is 12.9. The number of furan rings is 1. The number of esters is 1. The summed E-state index contributed by atoms with van der Waals surface area (Å²) in [6.45, 7) is 1.88. The van der Waals surface area contributed by atoms with Crippen LogP contribution in [0.15, 0.2) is 70.7 Å². The molecule has 8 heteroatoms. The van der Waals surface area contributed by atoms with Gasteiger partial charge in [0.2, 0.25) is 0 Å². The lowest BCUT2D eigenvalue weighted by Crippen LogP contribution is -2.54. The third-order valence-corrected chi connectivity index (χ3v) is 4.90. The molecule has 1 saturated heterocycles. The molecule has 2 heterocycles. The van der Waals surface area contributed by atoms with Gasteiger partial charge in [0.1, 0.15) is 17.1 Å². The summed E-state index contributed by atoms with van der Waals surface area (Å²) in [5, 5.41) is 2.18. The first-order valence-electron chi connectivity index (χ1n) is 9.64. The van der Waals surface area contributed by atoms with Crippen LogP contribution in [0.4, 0.5) is 10.5 Å². The van der Waals surface area contributed by atoms with Crippen LogP contribution >= 0.6 is 0 Å². The van der Waals surface area contributed by atoms with Crippen molar-refractivity contribution in [2.45, 2.75) is 6.92 Å². The van der Waals surface area contributed by atoms with Crippen LogP contribution in [0.5, 0.6) is 0 Å². The second-order valence-electron chi connectivity index (χ2n) is 7.06. The highest BCUT2D eigenvalue weighted by molar-refractivity contribution is 6.39. The number of amides is 4. The lowest BCUT2D eigenvalue weighted by atomic mass is 10.1. The minimum atomic E-state index is -0.813. The van der Waals surface area contributed by atoms with Crippen LogP contribution in [0.2, 0.25) is 0 Å². The van der Waals surface area contributed by atoms with E-state index in [9.17, 15) is 19.2 Å². The smallest absolute Gasteiger partial charge is 0.337 e. The Balaban J connectivity index is 1.61. The van der Waals surface area contributed by atoms with Crippen LogP contribution in [-0.4, -0.2) is 30.9 Å². The number of barbiturate groups is 1. The second kappa shape index (κ2) is 8.35. The maximum atomic E-state index is 12.9. The molecule has 1 fully saturated rings. The molecule has 0 atom stereocenters. The van der Waals surface area contributed by atoms with Gasteiger partial charge in [0.25, 0.3) is 11.8 Å². The average Bonchev–Trinajstić information content (AvgIpc) is 3.26. The van der Waals surface area contributed by atoms with Crippen LogP contribution in [0.25, 0.3) is 17.4 Å². The van der Waals surface area contributed by atoms with E-state index < -0.39 is 23.8 Å². The van der Waals surface area contributed by atoms with Gasteiger partial charge in [0, 0.05) is 5.56 Å². The highest BCUT2D eigenvalue weighted by Gasteiger charge is 2.37. The van der Waals surface area contributed by atoms with Gasteiger partial charge < -0.3 is 9.15 Å². The normalized spacial score (nSPS) is 15.1. The number of carbonyl (C=O) groups excluding carboxylic acids is 4. The number of hydrogen-bond acceptors (Lipinski definition) is 6. The number of nitrogens with one attached hydrogen (secondary N) is 1. The number of methoxy groups -OCH3 is 1. The molecule has 2 aromatic carbocycles. The summed E-state index contributed by atoms with van der Waals surface area (Å²) in [6.07, 6.45) is 1.29. The molecule has 0 spiro atoms. The van der Waals surface area contributed by atoms with Gasteiger partial charge >= 0.3 is 12.0 Å². The fourth-order valence-corrected chi connectivity index (χ4v) is 3.20. The standard InChI is InChI=1S/C24H18N2O6/c1-14-3-9-17(10-4-14)26-22(28)19(21(27)25-24(26)30)13-18-11-12-20(32-18)15-5-7-16(8-6-15)23(29)31-2/h3-13H,1-2H3,(H,25,27,30). The molecule has 0 aliphatic carbocycles. The quantitative estimate of drug-likeness (QED) is 0.384. The van der Waals surface area contributed by atoms with E-state index in [1.54, 1.807) is 60.7 Å². The minimum absolute atomic E-state index is 0.230. The first kappa shape index (κ1) is 20.8. The predicted molar refractivity (Wildman–Crippen MR) is 116 cm³/mol. The molecule has 0 bridgehead atoms. The van der Waals surface area contributed by atoms with Gasteiger partial charge in [-0.2, -0.15) is 0 Å². The molecule has 0 radical (unpaired) electrons. The van der Waals surface area contributed by atoms with Crippen molar-refractivity contribution in [3.8, 4) is 11.3 Å². The van der Waals surface area contributed by atoms with E-state index in [-0.39, 0.29) is 11.3 Å². The molecule has 1 aromatic heterocycles. The minimum Gasteiger partial charge on any atom is -0.465 e. The molecule has 32 heavy (non-hydrogen) atoms. The first-order valence-corrected chi connectivity index (χ1v) is 9.64. The van der Waals surface area contributed by atoms with E-state index in [1.807, 2.05) is 6.92 Å². The Morgan fingerprint density at radius 1 is 0.969 bits per heavy atom. The van der Waals surface area contributed by atoms with Crippen molar-refractivity contribution in [1.29, 1.82) is 0 Å². The molecular weight excluding hydrogens is 412 g/mol. The highest BCUT2D eigenvalue weighted by Crippen LogP contribution is 2.26. The lowest BCUT2D eigenvalue weighted by molar-refractivity contribution is -0.122. The molecule has 0 saturated carbocycles. The average molecular weight is 430 g/mol. The van der Waals surface area contributed by atoms with E-state index in [2.05, 4.69) is 10.1 Å². The van der Waals surface area contributed by atoms with Crippen molar-refractivity contribution >= 4 is 35.6 Å². The van der Waals surface area contributed by atoms with E-state index in [4.69, 9.17) is 4.42 Å². The first-order chi connectivity index (χ1) is 15.4. The third kappa shape index (κ3) is 3.93. The van der Waals surface area contributed by atoms with E-state index >= 15 is 0 Å². The Bertz CT molecular complexity index is 1250. The number of nitrogens with zero attached hydrogens (tertiary/aromatic N) is 1. The van der Waals surface area contributed by atoms with Gasteiger partial charge in [-0.3, -0.25) is 14.9 Å². The molecule has 1 aliphatic rings. The van der Waals surface area contributed by atoms with Gasteiger partial charge in [0.05, 0.1) is 18.4 Å². The summed E-state index contributed by atoms with van der Waals surface area (Å²) in [7, 11) is 1.30. The zero-order chi connectivity index (χ0) is 22.8. The molecule has 4 rings (SSSR count). The second-order valence-corrected chi connectivity index (χ2v) is 7.06. The van der Waals surface area contributed by atoms with Crippen LogP contribution in [-0.2, 0) is 14.3 Å². The fourth-order valence-electron chi connectivity index (χ4n) is 3.20.